The molecule has 3 N–H and O–H groups in total. The van der Waals surface area contributed by atoms with E-state index in [1.807, 2.05) is 6.07 Å². The molecule has 1 aromatic carbocycles. The van der Waals surface area contributed by atoms with Crippen LogP contribution in [0.25, 0.3) is 16.8 Å². The zero-order valence-electron chi connectivity index (χ0n) is 18.9. The lowest BCUT2D eigenvalue weighted by molar-refractivity contribution is 0.321. The lowest BCUT2D eigenvalue weighted by atomic mass is 9.76. The summed E-state index contributed by atoms with van der Waals surface area (Å²) < 4.78 is 30.7. The van der Waals surface area contributed by atoms with Crippen LogP contribution in [0.15, 0.2) is 48.9 Å². The average Bonchev–Trinajstić information content (AvgIpc) is 3.19. The molecule has 3 heterocycles. The molecule has 0 spiro atoms. The highest BCUT2D eigenvalue weighted by atomic mass is 32.1. The molecule has 0 aliphatic heterocycles. The number of benzene rings is 1. The first-order valence-electron chi connectivity index (χ1n) is 11.3. The molecule has 0 amide bonds. The van der Waals surface area contributed by atoms with Gasteiger partial charge in [-0.3, -0.25) is 4.98 Å². The van der Waals surface area contributed by atoms with Crippen LogP contribution >= 0.6 is 12.6 Å². The van der Waals surface area contributed by atoms with E-state index in [1.165, 1.54) is 12.1 Å². The molecule has 6 nitrogen and oxygen atoms in total. The first kappa shape index (κ1) is 22.7. The number of nitrogens with two attached hydrogens (primary N) is 1. The number of fused-ring (bicyclic) bond motifs is 1. The van der Waals surface area contributed by atoms with E-state index in [0.717, 1.165) is 24.1 Å². The molecule has 4 unspecified atom stereocenters. The SMILES string of the molecule is Cc1cc(F)c(-c2ccc3cnc(Nc4cnccc4C4CC(C)C(S)C(N)C4)n3n2)c(F)c1. The molecule has 4 aromatic rings. The zero-order chi connectivity index (χ0) is 24.0. The average molecular weight is 481 g/mol. The Balaban J connectivity index is 1.51. The van der Waals surface area contributed by atoms with Gasteiger partial charge in [-0.15, -0.1) is 0 Å². The van der Waals surface area contributed by atoms with E-state index in [-0.39, 0.29) is 28.5 Å². The van der Waals surface area contributed by atoms with Crippen LogP contribution in [0.2, 0.25) is 0 Å². The van der Waals surface area contributed by atoms with Crippen molar-refractivity contribution in [2.75, 3.05) is 5.32 Å². The molecule has 176 valence electrons. The predicted molar refractivity (Wildman–Crippen MR) is 132 cm³/mol. The lowest BCUT2D eigenvalue weighted by Crippen LogP contribution is -2.41. The van der Waals surface area contributed by atoms with Gasteiger partial charge in [0.05, 0.1) is 34.9 Å². The Hall–Kier alpha value is -3.04. The number of halogens is 2. The number of hydrogen-bond acceptors (Lipinski definition) is 6. The summed E-state index contributed by atoms with van der Waals surface area (Å²) in [6, 6.07) is 7.92. The van der Waals surface area contributed by atoms with E-state index in [1.54, 1.807) is 42.2 Å². The Kier molecular flexibility index (Phi) is 5.99. The van der Waals surface area contributed by atoms with Gasteiger partial charge < -0.3 is 11.1 Å². The number of hydrogen-bond donors (Lipinski definition) is 3. The van der Waals surface area contributed by atoms with Gasteiger partial charge in [0.25, 0.3) is 0 Å². The quantitative estimate of drug-likeness (QED) is 0.347. The number of pyridine rings is 1. The minimum Gasteiger partial charge on any atom is -0.327 e. The number of nitrogens with one attached hydrogen (secondary N) is 1. The maximum Gasteiger partial charge on any atom is 0.229 e. The van der Waals surface area contributed by atoms with Crippen LogP contribution in [0.4, 0.5) is 20.4 Å². The summed E-state index contributed by atoms with van der Waals surface area (Å²) in [6.45, 7) is 3.82. The maximum absolute atomic E-state index is 14.6. The standard InChI is InChI=1S/C25H26F2N6S/c1-13-7-18(26)23(19(27)8-13)21-4-3-16-11-30-25(33(16)32-21)31-22-12-29-6-5-17(22)15-9-14(2)24(34)20(28)10-15/h3-8,11-12,14-15,20,24,34H,9-10,28H2,1-2H3,(H,30,31). The third-order valence-corrected chi connectivity index (χ3v) is 7.49. The van der Waals surface area contributed by atoms with Gasteiger partial charge in [-0.25, -0.2) is 13.8 Å². The van der Waals surface area contributed by atoms with Crippen LogP contribution in [0.5, 0.6) is 0 Å². The molecule has 1 aliphatic rings. The number of rotatable bonds is 4. The normalized spacial score (nSPS) is 22.8. The van der Waals surface area contributed by atoms with Crippen molar-refractivity contribution in [1.29, 1.82) is 0 Å². The minimum atomic E-state index is -0.654. The largest absolute Gasteiger partial charge is 0.327 e. The third kappa shape index (κ3) is 4.14. The highest BCUT2D eigenvalue weighted by Crippen LogP contribution is 2.40. The molecule has 5 rings (SSSR count). The summed E-state index contributed by atoms with van der Waals surface area (Å²) in [5.74, 6) is -0.241. The van der Waals surface area contributed by atoms with Crippen molar-refractivity contribution in [3.63, 3.8) is 0 Å². The topological polar surface area (TPSA) is 81.1 Å². The fraction of sp³-hybridized carbons (Fsp3) is 0.320. The third-order valence-electron chi connectivity index (χ3n) is 6.60. The van der Waals surface area contributed by atoms with Crippen molar-refractivity contribution in [3.05, 3.63) is 71.7 Å². The summed E-state index contributed by atoms with van der Waals surface area (Å²) in [5, 5.41) is 8.00. The number of aromatic nitrogens is 4. The van der Waals surface area contributed by atoms with Crippen LogP contribution in [-0.2, 0) is 0 Å². The number of aryl methyl sites for hydroxylation is 1. The van der Waals surface area contributed by atoms with Crippen molar-refractivity contribution in [1.82, 2.24) is 19.6 Å². The molecular weight excluding hydrogens is 454 g/mol. The van der Waals surface area contributed by atoms with Gasteiger partial charge in [-0.1, -0.05) is 6.92 Å². The van der Waals surface area contributed by atoms with E-state index in [4.69, 9.17) is 5.73 Å². The highest BCUT2D eigenvalue weighted by molar-refractivity contribution is 7.81. The highest BCUT2D eigenvalue weighted by Gasteiger charge is 2.33. The zero-order valence-corrected chi connectivity index (χ0v) is 19.8. The van der Waals surface area contributed by atoms with Gasteiger partial charge in [-0.05, 0) is 73.1 Å². The first-order valence-corrected chi connectivity index (χ1v) is 11.8. The van der Waals surface area contributed by atoms with Crippen molar-refractivity contribution < 1.29 is 8.78 Å². The Labute approximate surface area is 202 Å². The molecular formula is C25H26F2N6S. The number of imidazole rings is 1. The molecule has 0 saturated heterocycles. The Morgan fingerprint density at radius 1 is 1.12 bits per heavy atom. The van der Waals surface area contributed by atoms with Crippen molar-refractivity contribution in [2.45, 2.75) is 43.9 Å². The Morgan fingerprint density at radius 2 is 1.88 bits per heavy atom. The van der Waals surface area contributed by atoms with Crippen LogP contribution < -0.4 is 11.1 Å². The molecule has 0 radical (unpaired) electrons. The number of thiol groups is 1. The van der Waals surface area contributed by atoms with Gasteiger partial charge in [0, 0.05) is 17.5 Å². The molecule has 1 saturated carbocycles. The number of nitrogens with zero attached hydrogens (tertiary/aromatic N) is 4. The van der Waals surface area contributed by atoms with Crippen LogP contribution in [0.3, 0.4) is 0 Å². The van der Waals surface area contributed by atoms with Gasteiger partial charge in [0.15, 0.2) is 0 Å². The smallest absolute Gasteiger partial charge is 0.229 e. The fourth-order valence-corrected chi connectivity index (χ4v) is 5.10. The summed E-state index contributed by atoms with van der Waals surface area (Å²) in [4.78, 5) is 8.73. The summed E-state index contributed by atoms with van der Waals surface area (Å²) in [7, 11) is 0. The first-order chi connectivity index (χ1) is 16.3. The monoisotopic (exact) mass is 480 g/mol. The van der Waals surface area contributed by atoms with E-state index < -0.39 is 11.6 Å². The van der Waals surface area contributed by atoms with Gasteiger partial charge in [0.2, 0.25) is 5.95 Å². The number of anilines is 2. The van der Waals surface area contributed by atoms with Gasteiger partial charge >= 0.3 is 0 Å². The maximum atomic E-state index is 14.6. The van der Waals surface area contributed by atoms with E-state index in [2.05, 4.69) is 39.9 Å². The van der Waals surface area contributed by atoms with Crippen LogP contribution in [0, 0.1) is 24.5 Å². The molecule has 0 bridgehead atoms. The molecule has 34 heavy (non-hydrogen) atoms. The fourth-order valence-electron chi connectivity index (χ4n) is 4.86. The van der Waals surface area contributed by atoms with E-state index >= 15 is 0 Å². The van der Waals surface area contributed by atoms with Gasteiger partial charge in [0.1, 0.15) is 11.6 Å². The minimum absolute atomic E-state index is 0.00822. The van der Waals surface area contributed by atoms with Crippen molar-refractivity contribution >= 4 is 29.8 Å². The van der Waals surface area contributed by atoms with Crippen LogP contribution in [-0.4, -0.2) is 30.9 Å². The van der Waals surface area contributed by atoms with Crippen LogP contribution in [0.1, 0.15) is 36.8 Å². The Morgan fingerprint density at radius 3 is 2.62 bits per heavy atom. The predicted octanol–water partition coefficient (Wildman–Crippen LogP) is 5.26. The van der Waals surface area contributed by atoms with E-state index in [9.17, 15) is 8.78 Å². The molecule has 9 heteroatoms. The van der Waals surface area contributed by atoms with Crippen molar-refractivity contribution in [2.24, 2.45) is 11.7 Å². The summed E-state index contributed by atoms with van der Waals surface area (Å²) >= 11 is 4.67. The second kappa shape index (κ2) is 8.96. The molecule has 1 fully saturated rings. The van der Waals surface area contributed by atoms with E-state index in [0.29, 0.717) is 22.9 Å². The van der Waals surface area contributed by atoms with Gasteiger partial charge in [-0.2, -0.15) is 22.2 Å². The second-order valence-corrected chi connectivity index (χ2v) is 9.72. The van der Waals surface area contributed by atoms with Crippen molar-refractivity contribution in [3.8, 4) is 11.3 Å². The summed E-state index contributed by atoms with van der Waals surface area (Å²) in [5.41, 5.74) is 9.48. The Bertz CT molecular complexity index is 1320. The molecule has 4 atom stereocenters. The molecule has 1 aliphatic carbocycles. The summed E-state index contributed by atoms with van der Waals surface area (Å²) in [6.07, 6.45) is 6.97. The lowest BCUT2D eigenvalue weighted by Gasteiger charge is -2.37. The molecule has 3 aromatic heterocycles. The second-order valence-electron chi connectivity index (χ2n) is 9.13.